The van der Waals surface area contributed by atoms with Crippen LogP contribution in [0.15, 0.2) is 17.5 Å². The number of allylic oxidation sites excluding steroid dienone is 1. The molecule has 0 saturated heterocycles. The third-order valence-corrected chi connectivity index (χ3v) is 5.20. The van der Waals surface area contributed by atoms with Gasteiger partial charge >= 0.3 is 5.97 Å². The van der Waals surface area contributed by atoms with E-state index in [1.165, 1.54) is 25.3 Å². The zero-order valence-corrected chi connectivity index (χ0v) is 13.5. The van der Waals surface area contributed by atoms with E-state index in [4.69, 9.17) is 14.9 Å². The van der Waals surface area contributed by atoms with E-state index >= 15 is 0 Å². The Kier molecular flexibility index (Phi) is 7.02. The maximum Gasteiger partial charge on any atom is 0.303 e. The Labute approximate surface area is 136 Å². The minimum atomic E-state index is -0.899. The van der Waals surface area contributed by atoms with E-state index in [-0.39, 0.29) is 30.5 Å². The van der Waals surface area contributed by atoms with Gasteiger partial charge in [-0.25, -0.2) is 0 Å². The average molecular weight is 325 g/mol. The molecule has 4 unspecified atom stereocenters. The van der Waals surface area contributed by atoms with Crippen molar-refractivity contribution in [2.45, 2.75) is 76.0 Å². The highest BCUT2D eigenvalue weighted by Gasteiger charge is 2.37. The number of nitrogens with zero attached hydrogens (tertiary/aromatic N) is 1. The van der Waals surface area contributed by atoms with Crippen LogP contribution in [0.1, 0.15) is 57.8 Å². The lowest BCUT2D eigenvalue weighted by Crippen LogP contribution is -2.39. The second kappa shape index (κ2) is 9.01. The minimum Gasteiger partial charge on any atom is -0.516 e. The lowest BCUT2D eigenvalue weighted by atomic mass is 9.75. The molecule has 6 nitrogen and oxygen atoms in total. The molecule has 0 spiro atoms. The number of carbonyl (C=O) groups is 1. The molecule has 0 aliphatic heterocycles. The number of aliphatic hydroxyl groups is 1. The first-order chi connectivity index (χ1) is 11.1. The lowest BCUT2D eigenvalue weighted by molar-refractivity contribution is -0.138. The molecular formula is C17H27NO5. The summed E-state index contributed by atoms with van der Waals surface area (Å²) in [5.74, 6) is -1.12. The van der Waals surface area contributed by atoms with Crippen molar-refractivity contribution < 1.29 is 19.7 Å². The molecule has 2 fully saturated rings. The predicted molar refractivity (Wildman–Crippen MR) is 86.2 cm³/mol. The summed E-state index contributed by atoms with van der Waals surface area (Å²) in [5, 5.41) is 21.3. The molecule has 0 aromatic rings. The molecule has 130 valence electrons. The Hall–Kier alpha value is -1.43. The average Bonchev–Trinajstić information content (AvgIpc) is 2.55. The quantitative estimate of drug-likeness (QED) is 0.548. The van der Waals surface area contributed by atoms with Crippen molar-refractivity contribution in [3.63, 3.8) is 0 Å². The van der Waals surface area contributed by atoms with Gasteiger partial charge in [0, 0.05) is 0 Å². The monoisotopic (exact) mass is 325 g/mol. The van der Waals surface area contributed by atoms with Crippen molar-refractivity contribution in [1.29, 1.82) is 0 Å². The number of carboxylic acids is 1. The van der Waals surface area contributed by atoms with Crippen LogP contribution < -0.4 is 0 Å². The number of ether oxygens (including phenoxy) is 1. The van der Waals surface area contributed by atoms with Crippen LogP contribution in [0.2, 0.25) is 0 Å². The maximum atomic E-state index is 11.2. The molecule has 0 amide bonds. The number of aliphatic hydroxyl groups excluding tert-OH is 1. The Morgan fingerprint density at radius 1 is 1.22 bits per heavy atom. The van der Waals surface area contributed by atoms with Crippen LogP contribution in [0.25, 0.3) is 0 Å². The Bertz CT molecular complexity index is 419. The highest BCUT2D eigenvalue weighted by molar-refractivity contribution is 5.67. The molecular weight excluding hydrogens is 298 g/mol. The summed E-state index contributed by atoms with van der Waals surface area (Å²) < 4.78 is 6.13. The standard InChI is InChI=1S/C17H27NO5/c19-9-8-13(11-17(20)21)12-6-7-16(15(10-12)18-22)23-14-4-2-1-3-5-14/h8-9,12-16,19H,1-7,10-11H2,(H,20,21)/b9-8+. The fourth-order valence-corrected chi connectivity index (χ4v) is 3.96. The summed E-state index contributed by atoms with van der Waals surface area (Å²) >= 11 is 0. The number of nitroso groups, excluding NO2 is 1. The maximum absolute atomic E-state index is 11.2. The van der Waals surface area contributed by atoms with Gasteiger partial charge in [0.25, 0.3) is 0 Å². The van der Waals surface area contributed by atoms with Gasteiger partial charge in [0.15, 0.2) is 0 Å². The first-order valence-electron chi connectivity index (χ1n) is 8.64. The van der Waals surface area contributed by atoms with Crippen molar-refractivity contribution in [2.75, 3.05) is 0 Å². The van der Waals surface area contributed by atoms with E-state index in [0.29, 0.717) is 6.42 Å². The van der Waals surface area contributed by atoms with Crippen LogP contribution >= 0.6 is 0 Å². The molecule has 23 heavy (non-hydrogen) atoms. The van der Waals surface area contributed by atoms with E-state index in [0.717, 1.165) is 31.9 Å². The van der Waals surface area contributed by atoms with Crippen LogP contribution in [0.3, 0.4) is 0 Å². The van der Waals surface area contributed by atoms with Gasteiger partial charge in [-0.1, -0.05) is 24.4 Å². The SMILES string of the molecule is O=NC1CC(C(/C=C/O)CC(=O)O)CCC1OC1CCCCC1. The van der Waals surface area contributed by atoms with Crippen LogP contribution in [0, 0.1) is 16.7 Å². The van der Waals surface area contributed by atoms with Crippen LogP contribution in [0.5, 0.6) is 0 Å². The van der Waals surface area contributed by atoms with Crippen molar-refractivity contribution in [1.82, 2.24) is 0 Å². The normalized spacial score (nSPS) is 31.0. The van der Waals surface area contributed by atoms with E-state index in [2.05, 4.69) is 5.18 Å². The molecule has 2 N–H and O–H groups in total. The Morgan fingerprint density at radius 3 is 2.57 bits per heavy atom. The molecule has 0 heterocycles. The number of aliphatic carboxylic acids is 1. The van der Waals surface area contributed by atoms with Crippen molar-refractivity contribution in [3.8, 4) is 0 Å². The largest absolute Gasteiger partial charge is 0.516 e. The summed E-state index contributed by atoms with van der Waals surface area (Å²) in [4.78, 5) is 22.2. The van der Waals surface area contributed by atoms with E-state index in [1.54, 1.807) is 0 Å². The summed E-state index contributed by atoms with van der Waals surface area (Å²) in [6.07, 6.45) is 10.3. The van der Waals surface area contributed by atoms with E-state index < -0.39 is 12.0 Å². The van der Waals surface area contributed by atoms with Gasteiger partial charge in [-0.3, -0.25) is 4.79 Å². The lowest BCUT2D eigenvalue weighted by Gasteiger charge is -2.37. The van der Waals surface area contributed by atoms with E-state index in [9.17, 15) is 9.70 Å². The smallest absolute Gasteiger partial charge is 0.303 e. The summed E-state index contributed by atoms with van der Waals surface area (Å²) in [6.45, 7) is 0. The van der Waals surface area contributed by atoms with Gasteiger partial charge in [-0.15, -0.1) is 0 Å². The molecule has 2 saturated carbocycles. The van der Waals surface area contributed by atoms with Gasteiger partial charge < -0.3 is 14.9 Å². The van der Waals surface area contributed by atoms with Gasteiger partial charge in [-0.2, -0.15) is 4.91 Å². The van der Waals surface area contributed by atoms with E-state index in [1.807, 2.05) is 0 Å². The predicted octanol–water partition coefficient (Wildman–Crippen LogP) is 3.80. The molecule has 2 rings (SSSR count). The molecule has 2 aliphatic rings. The third kappa shape index (κ3) is 5.30. The molecule has 2 aliphatic carbocycles. The van der Waals surface area contributed by atoms with Crippen molar-refractivity contribution >= 4 is 5.97 Å². The zero-order valence-electron chi connectivity index (χ0n) is 13.5. The van der Waals surface area contributed by atoms with Crippen LogP contribution in [-0.4, -0.2) is 34.4 Å². The molecule has 4 atom stereocenters. The van der Waals surface area contributed by atoms with Crippen LogP contribution in [-0.2, 0) is 9.53 Å². The molecule has 0 aromatic carbocycles. The van der Waals surface area contributed by atoms with Crippen molar-refractivity contribution in [2.24, 2.45) is 17.0 Å². The fraction of sp³-hybridized carbons (Fsp3) is 0.824. The fourth-order valence-electron chi connectivity index (χ4n) is 3.96. The number of carboxylic acid groups (broad SMARTS) is 1. The second-order valence-corrected chi connectivity index (χ2v) is 6.78. The minimum absolute atomic E-state index is 0.0402. The number of hydrogen-bond acceptors (Lipinski definition) is 5. The Balaban J connectivity index is 1.93. The third-order valence-electron chi connectivity index (χ3n) is 5.20. The summed E-state index contributed by atoms with van der Waals surface area (Å²) in [5.41, 5.74) is 0. The molecule has 6 heteroatoms. The number of hydrogen-bond donors (Lipinski definition) is 2. The van der Waals surface area contributed by atoms with Crippen LogP contribution in [0.4, 0.5) is 0 Å². The van der Waals surface area contributed by atoms with Gasteiger partial charge in [-0.05, 0) is 50.0 Å². The second-order valence-electron chi connectivity index (χ2n) is 6.78. The number of rotatable bonds is 7. The summed E-state index contributed by atoms with van der Waals surface area (Å²) in [6, 6.07) is -0.418. The molecule has 0 bridgehead atoms. The van der Waals surface area contributed by atoms with Gasteiger partial charge in [0.2, 0.25) is 0 Å². The molecule has 0 aromatic heterocycles. The highest BCUT2D eigenvalue weighted by atomic mass is 16.5. The van der Waals surface area contributed by atoms with Gasteiger partial charge in [0.1, 0.15) is 6.04 Å². The first-order valence-corrected chi connectivity index (χ1v) is 8.64. The Morgan fingerprint density at radius 2 is 1.96 bits per heavy atom. The first kappa shape index (κ1) is 17.9. The van der Waals surface area contributed by atoms with Crippen molar-refractivity contribution in [3.05, 3.63) is 17.2 Å². The highest BCUT2D eigenvalue weighted by Crippen LogP contribution is 2.37. The molecule has 0 radical (unpaired) electrons. The summed E-state index contributed by atoms with van der Waals surface area (Å²) in [7, 11) is 0. The van der Waals surface area contributed by atoms with Gasteiger partial charge in [0.05, 0.1) is 24.9 Å². The topological polar surface area (TPSA) is 96.2 Å². The zero-order chi connectivity index (χ0) is 16.7.